The third-order valence-electron chi connectivity index (χ3n) is 4.19. The Morgan fingerprint density at radius 3 is 2.71 bits per heavy atom. The smallest absolute Gasteiger partial charge is 0.243 e. The molecule has 0 N–H and O–H groups in total. The molecule has 0 spiro atoms. The Labute approximate surface area is 132 Å². The number of aryl methyl sites for hydroxylation is 1. The number of halogens is 1. The van der Waals surface area contributed by atoms with Gasteiger partial charge in [0.15, 0.2) is 0 Å². The zero-order valence-electron chi connectivity index (χ0n) is 12.8. The van der Waals surface area contributed by atoms with Crippen LogP contribution in [0.3, 0.4) is 0 Å². The average molecular weight is 331 g/mol. The Morgan fingerprint density at radius 1 is 1.38 bits per heavy atom. The predicted octanol–water partition coefficient (Wildman–Crippen LogP) is 2.45. The highest BCUT2D eigenvalue weighted by molar-refractivity contribution is 7.89. The second-order valence-electron chi connectivity index (χ2n) is 5.84. The number of rotatable bonds is 4. The van der Waals surface area contributed by atoms with Gasteiger partial charge in [-0.15, -0.1) is 11.6 Å². The van der Waals surface area contributed by atoms with Crippen molar-refractivity contribution >= 4 is 21.6 Å². The predicted molar refractivity (Wildman–Crippen MR) is 86.2 cm³/mol. The van der Waals surface area contributed by atoms with Crippen molar-refractivity contribution in [3.63, 3.8) is 0 Å². The van der Waals surface area contributed by atoms with Crippen LogP contribution in [0.1, 0.15) is 24.0 Å². The van der Waals surface area contributed by atoms with Crippen molar-refractivity contribution in [2.45, 2.75) is 36.6 Å². The molecule has 0 bridgehead atoms. The van der Waals surface area contributed by atoms with Gasteiger partial charge in [-0.05, 0) is 57.1 Å². The molecule has 1 atom stereocenters. The second kappa shape index (κ2) is 6.65. The minimum absolute atomic E-state index is 0.284. The first-order valence-corrected chi connectivity index (χ1v) is 9.16. The number of nitrogens with zero attached hydrogens (tertiary/aromatic N) is 2. The summed E-state index contributed by atoms with van der Waals surface area (Å²) < 4.78 is 27.2. The average Bonchev–Trinajstić information content (AvgIpc) is 2.47. The highest BCUT2D eigenvalue weighted by Crippen LogP contribution is 2.24. The summed E-state index contributed by atoms with van der Waals surface area (Å²) in [7, 11) is 0.567. The first-order chi connectivity index (χ1) is 9.86. The normalized spacial score (nSPS) is 20.9. The van der Waals surface area contributed by atoms with Crippen molar-refractivity contribution in [1.29, 1.82) is 0 Å². The monoisotopic (exact) mass is 330 g/mol. The van der Waals surface area contributed by atoms with E-state index in [1.165, 1.54) is 0 Å². The van der Waals surface area contributed by atoms with Gasteiger partial charge in [-0.3, -0.25) is 0 Å². The summed E-state index contributed by atoms with van der Waals surface area (Å²) >= 11 is 5.89. The number of hydrogen-bond acceptors (Lipinski definition) is 3. The SMILES string of the molecule is Cc1ccc(S(=O)(=O)N2CCCC(N(C)C)C2)cc1CCl. The maximum atomic E-state index is 12.8. The number of alkyl halides is 1. The van der Waals surface area contributed by atoms with E-state index in [2.05, 4.69) is 4.90 Å². The molecule has 1 heterocycles. The molecular formula is C15H23ClN2O2S. The number of piperidine rings is 1. The topological polar surface area (TPSA) is 40.6 Å². The molecule has 1 aromatic rings. The third kappa shape index (κ3) is 3.59. The van der Waals surface area contributed by atoms with Crippen LogP contribution in [0.5, 0.6) is 0 Å². The zero-order chi connectivity index (χ0) is 15.6. The molecule has 1 aliphatic heterocycles. The molecule has 1 aromatic carbocycles. The van der Waals surface area contributed by atoms with Gasteiger partial charge in [0.05, 0.1) is 4.90 Å². The van der Waals surface area contributed by atoms with Crippen LogP contribution in [-0.4, -0.2) is 50.8 Å². The van der Waals surface area contributed by atoms with Crippen molar-refractivity contribution in [3.8, 4) is 0 Å². The summed E-state index contributed by atoms with van der Waals surface area (Å²) in [5.41, 5.74) is 1.90. The van der Waals surface area contributed by atoms with E-state index in [1.54, 1.807) is 16.4 Å². The molecule has 1 saturated heterocycles. The molecule has 4 nitrogen and oxygen atoms in total. The lowest BCUT2D eigenvalue weighted by molar-refractivity contribution is 0.190. The molecule has 0 aromatic heterocycles. The van der Waals surface area contributed by atoms with Crippen LogP contribution in [-0.2, 0) is 15.9 Å². The van der Waals surface area contributed by atoms with E-state index < -0.39 is 10.0 Å². The van der Waals surface area contributed by atoms with E-state index in [1.807, 2.05) is 27.1 Å². The van der Waals surface area contributed by atoms with Crippen molar-refractivity contribution in [3.05, 3.63) is 29.3 Å². The summed E-state index contributed by atoms with van der Waals surface area (Å²) in [5.74, 6) is 0.329. The number of benzene rings is 1. The first-order valence-electron chi connectivity index (χ1n) is 7.18. The van der Waals surface area contributed by atoms with Gasteiger partial charge in [0, 0.05) is 25.0 Å². The lowest BCUT2D eigenvalue weighted by atomic mass is 10.1. The highest BCUT2D eigenvalue weighted by Gasteiger charge is 2.31. The van der Waals surface area contributed by atoms with E-state index in [9.17, 15) is 8.42 Å². The molecule has 0 saturated carbocycles. The van der Waals surface area contributed by atoms with Gasteiger partial charge in [-0.2, -0.15) is 4.31 Å². The maximum Gasteiger partial charge on any atom is 0.243 e. The quantitative estimate of drug-likeness (QED) is 0.796. The fourth-order valence-electron chi connectivity index (χ4n) is 2.66. The van der Waals surface area contributed by atoms with Gasteiger partial charge in [-0.1, -0.05) is 6.07 Å². The molecule has 0 amide bonds. The maximum absolute atomic E-state index is 12.8. The molecule has 6 heteroatoms. The number of hydrogen-bond donors (Lipinski definition) is 0. The van der Waals surface area contributed by atoms with Crippen molar-refractivity contribution in [1.82, 2.24) is 9.21 Å². The molecule has 0 radical (unpaired) electrons. The summed E-state index contributed by atoms with van der Waals surface area (Å²) in [5, 5.41) is 0. The van der Waals surface area contributed by atoms with Crippen LogP contribution in [0, 0.1) is 6.92 Å². The number of likely N-dealkylation sites (N-methyl/N-ethyl adjacent to an activating group) is 1. The summed E-state index contributed by atoms with van der Waals surface area (Å²) in [6.07, 6.45) is 1.94. The standard InChI is InChI=1S/C15H23ClN2O2S/c1-12-6-7-15(9-13(12)10-16)21(19,20)18-8-4-5-14(11-18)17(2)3/h6-7,9,14H,4-5,8,10-11H2,1-3H3. The second-order valence-corrected chi connectivity index (χ2v) is 8.05. The van der Waals surface area contributed by atoms with Crippen LogP contribution in [0.4, 0.5) is 0 Å². The summed E-state index contributed by atoms with van der Waals surface area (Å²) in [6.45, 7) is 3.09. The largest absolute Gasteiger partial charge is 0.305 e. The molecular weight excluding hydrogens is 308 g/mol. The Morgan fingerprint density at radius 2 is 2.10 bits per heavy atom. The van der Waals surface area contributed by atoms with Crippen molar-refractivity contribution in [2.75, 3.05) is 27.2 Å². The van der Waals surface area contributed by atoms with E-state index >= 15 is 0 Å². The number of sulfonamides is 1. The summed E-state index contributed by atoms with van der Waals surface area (Å²) in [4.78, 5) is 2.45. The van der Waals surface area contributed by atoms with Crippen molar-refractivity contribution in [2.24, 2.45) is 0 Å². The van der Waals surface area contributed by atoms with E-state index in [0.29, 0.717) is 23.9 Å². The van der Waals surface area contributed by atoms with Crippen LogP contribution in [0.15, 0.2) is 23.1 Å². The first kappa shape index (κ1) is 16.7. The minimum Gasteiger partial charge on any atom is -0.305 e. The molecule has 21 heavy (non-hydrogen) atoms. The van der Waals surface area contributed by atoms with Gasteiger partial charge in [0.2, 0.25) is 10.0 Å². The van der Waals surface area contributed by atoms with Gasteiger partial charge in [-0.25, -0.2) is 8.42 Å². The van der Waals surface area contributed by atoms with Crippen LogP contribution in [0.25, 0.3) is 0 Å². The Balaban J connectivity index is 2.29. The molecule has 2 rings (SSSR count). The minimum atomic E-state index is -3.43. The fraction of sp³-hybridized carbons (Fsp3) is 0.600. The molecule has 118 valence electrons. The van der Waals surface area contributed by atoms with Gasteiger partial charge >= 0.3 is 0 Å². The van der Waals surface area contributed by atoms with Crippen molar-refractivity contribution < 1.29 is 8.42 Å². The Hall–Kier alpha value is -0.620. The fourth-order valence-corrected chi connectivity index (χ4v) is 4.52. The molecule has 1 unspecified atom stereocenters. The van der Waals surface area contributed by atoms with Gasteiger partial charge < -0.3 is 4.90 Å². The van der Waals surface area contributed by atoms with Crippen LogP contribution < -0.4 is 0 Å². The highest BCUT2D eigenvalue weighted by atomic mass is 35.5. The molecule has 1 fully saturated rings. The van der Waals surface area contributed by atoms with E-state index in [-0.39, 0.29) is 6.04 Å². The molecule has 0 aliphatic carbocycles. The van der Waals surface area contributed by atoms with Gasteiger partial charge in [0.25, 0.3) is 0 Å². The van der Waals surface area contributed by atoms with Crippen LogP contribution in [0.2, 0.25) is 0 Å². The van der Waals surface area contributed by atoms with E-state index in [0.717, 1.165) is 24.0 Å². The van der Waals surface area contributed by atoms with E-state index in [4.69, 9.17) is 11.6 Å². The van der Waals surface area contributed by atoms with Crippen LogP contribution >= 0.6 is 11.6 Å². The summed E-state index contributed by atoms with van der Waals surface area (Å²) in [6, 6.07) is 5.50. The Kier molecular flexibility index (Phi) is 5.30. The lowest BCUT2D eigenvalue weighted by Gasteiger charge is -2.35. The van der Waals surface area contributed by atoms with Gasteiger partial charge in [0.1, 0.15) is 0 Å². The zero-order valence-corrected chi connectivity index (χ0v) is 14.4. The molecule has 1 aliphatic rings. The third-order valence-corrected chi connectivity index (χ3v) is 6.34. The Bertz CT molecular complexity index is 602. The lowest BCUT2D eigenvalue weighted by Crippen LogP contribution is -2.47.